The number of carbonyl (C=O) groups is 1. The van der Waals surface area contributed by atoms with Gasteiger partial charge < -0.3 is 10.4 Å². The Bertz CT molecular complexity index is 410. The highest BCUT2D eigenvalue weighted by Crippen LogP contribution is 2.51. The largest absolute Gasteiger partial charge is 0.476 e. The van der Waals surface area contributed by atoms with E-state index in [2.05, 4.69) is 24.1 Å². The van der Waals surface area contributed by atoms with Crippen molar-refractivity contribution in [3.63, 3.8) is 0 Å². The fourth-order valence-electron chi connectivity index (χ4n) is 2.04. The second kappa shape index (κ2) is 4.74. The third kappa shape index (κ3) is 2.84. The number of carboxylic acids is 1. The van der Waals surface area contributed by atoms with Crippen molar-refractivity contribution in [3.05, 3.63) is 16.1 Å². The Morgan fingerprint density at radius 1 is 1.65 bits per heavy atom. The zero-order valence-corrected chi connectivity index (χ0v) is 11.0. The van der Waals surface area contributed by atoms with Crippen molar-refractivity contribution in [1.29, 1.82) is 0 Å². The maximum atomic E-state index is 10.7. The number of nitrogens with zero attached hydrogens (tertiary/aromatic N) is 1. The number of thiazole rings is 1. The minimum atomic E-state index is -0.943. The van der Waals surface area contributed by atoms with Crippen LogP contribution in [-0.4, -0.2) is 22.6 Å². The van der Waals surface area contributed by atoms with E-state index in [1.807, 2.05) is 5.38 Å². The second-order valence-corrected chi connectivity index (χ2v) is 5.93. The highest BCUT2D eigenvalue weighted by atomic mass is 32.1. The summed E-state index contributed by atoms with van der Waals surface area (Å²) in [6, 6.07) is 0. The monoisotopic (exact) mass is 254 g/mol. The number of carboxylic acid groups (broad SMARTS) is 1. The SMILES string of the molecule is CC(C)C1(CNCc2csc(C(=O)O)n2)CC1. The quantitative estimate of drug-likeness (QED) is 0.818. The minimum absolute atomic E-state index is 0.173. The number of rotatable bonds is 6. The number of hydrogen-bond acceptors (Lipinski definition) is 4. The van der Waals surface area contributed by atoms with Gasteiger partial charge in [-0.25, -0.2) is 9.78 Å². The van der Waals surface area contributed by atoms with Crippen molar-refractivity contribution >= 4 is 17.3 Å². The lowest BCUT2D eigenvalue weighted by atomic mass is 9.92. The molecule has 1 saturated carbocycles. The molecule has 1 aliphatic carbocycles. The van der Waals surface area contributed by atoms with E-state index in [1.165, 1.54) is 24.2 Å². The first-order valence-corrected chi connectivity index (χ1v) is 6.80. The maximum Gasteiger partial charge on any atom is 0.365 e. The average Bonchev–Trinajstić information content (AvgIpc) is 2.89. The van der Waals surface area contributed by atoms with Crippen LogP contribution in [0.4, 0.5) is 0 Å². The average molecular weight is 254 g/mol. The van der Waals surface area contributed by atoms with Gasteiger partial charge in [-0.15, -0.1) is 11.3 Å². The fourth-order valence-corrected chi connectivity index (χ4v) is 2.70. The summed E-state index contributed by atoms with van der Waals surface area (Å²) in [5.74, 6) is -0.234. The molecule has 1 fully saturated rings. The number of aromatic carboxylic acids is 1. The van der Waals surface area contributed by atoms with E-state index in [0.717, 1.165) is 12.2 Å². The molecule has 1 heterocycles. The summed E-state index contributed by atoms with van der Waals surface area (Å²) in [5, 5.41) is 14.1. The summed E-state index contributed by atoms with van der Waals surface area (Å²) in [6.45, 7) is 6.20. The molecule has 0 saturated heterocycles. The van der Waals surface area contributed by atoms with Gasteiger partial charge in [-0.2, -0.15) is 0 Å². The van der Waals surface area contributed by atoms with Gasteiger partial charge in [0.25, 0.3) is 0 Å². The molecule has 17 heavy (non-hydrogen) atoms. The summed E-state index contributed by atoms with van der Waals surface area (Å²) >= 11 is 1.19. The summed E-state index contributed by atoms with van der Waals surface area (Å²) in [4.78, 5) is 14.7. The second-order valence-electron chi connectivity index (χ2n) is 5.07. The Balaban J connectivity index is 1.80. The molecular formula is C12H18N2O2S. The highest BCUT2D eigenvalue weighted by molar-refractivity contribution is 7.11. The Labute approximate surface area is 105 Å². The molecule has 1 aromatic rings. The molecule has 0 aliphatic heterocycles. The summed E-state index contributed by atoms with van der Waals surface area (Å²) in [6.07, 6.45) is 2.60. The fraction of sp³-hybridized carbons (Fsp3) is 0.667. The molecule has 0 bridgehead atoms. The first-order chi connectivity index (χ1) is 8.03. The van der Waals surface area contributed by atoms with Gasteiger partial charge in [0.15, 0.2) is 0 Å². The summed E-state index contributed by atoms with van der Waals surface area (Å²) in [7, 11) is 0. The van der Waals surface area contributed by atoms with Crippen molar-refractivity contribution in [3.8, 4) is 0 Å². The van der Waals surface area contributed by atoms with Gasteiger partial charge in [-0.05, 0) is 24.2 Å². The Morgan fingerprint density at radius 2 is 2.35 bits per heavy atom. The van der Waals surface area contributed by atoms with Crippen LogP contribution in [0.5, 0.6) is 0 Å². The third-order valence-electron chi connectivity index (χ3n) is 3.63. The van der Waals surface area contributed by atoms with E-state index < -0.39 is 5.97 Å². The summed E-state index contributed by atoms with van der Waals surface area (Å²) < 4.78 is 0. The topological polar surface area (TPSA) is 62.2 Å². The standard InChI is InChI=1S/C12H18N2O2S/c1-8(2)12(3-4-12)7-13-5-9-6-17-10(14-9)11(15)16/h6,8,13H,3-5,7H2,1-2H3,(H,15,16). The number of nitrogens with one attached hydrogen (secondary N) is 1. The van der Waals surface area contributed by atoms with E-state index in [1.54, 1.807) is 0 Å². The predicted octanol–water partition coefficient (Wildman–Crippen LogP) is 2.37. The van der Waals surface area contributed by atoms with Gasteiger partial charge in [0, 0.05) is 18.5 Å². The Kier molecular flexibility index (Phi) is 3.49. The van der Waals surface area contributed by atoms with Crippen LogP contribution in [0.1, 0.15) is 42.2 Å². The summed E-state index contributed by atoms with van der Waals surface area (Å²) in [5.41, 5.74) is 1.30. The Hall–Kier alpha value is -0.940. The van der Waals surface area contributed by atoms with E-state index in [0.29, 0.717) is 17.9 Å². The van der Waals surface area contributed by atoms with Crippen molar-refractivity contribution in [2.24, 2.45) is 11.3 Å². The molecule has 2 N–H and O–H groups in total. The van der Waals surface area contributed by atoms with Crippen LogP contribution in [-0.2, 0) is 6.54 Å². The maximum absolute atomic E-state index is 10.7. The lowest BCUT2D eigenvalue weighted by Gasteiger charge is -2.19. The highest BCUT2D eigenvalue weighted by Gasteiger charge is 2.44. The van der Waals surface area contributed by atoms with Crippen LogP contribution in [0.3, 0.4) is 0 Å². The van der Waals surface area contributed by atoms with Crippen molar-refractivity contribution in [1.82, 2.24) is 10.3 Å². The first-order valence-electron chi connectivity index (χ1n) is 5.92. The molecule has 0 atom stereocenters. The normalized spacial score (nSPS) is 17.4. The molecule has 0 radical (unpaired) electrons. The van der Waals surface area contributed by atoms with Crippen LogP contribution in [0, 0.1) is 11.3 Å². The smallest absolute Gasteiger partial charge is 0.365 e. The van der Waals surface area contributed by atoms with Crippen molar-refractivity contribution in [2.75, 3.05) is 6.54 Å². The minimum Gasteiger partial charge on any atom is -0.476 e. The van der Waals surface area contributed by atoms with Gasteiger partial charge in [0.1, 0.15) is 0 Å². The van der Waals surface area contributed by atoms with Crippen LogP contribution in [0.25, 0.3) is 0 Å². The molecule has 4 nitrogen and oxygen atoms in total. The first kappa shape index (κ1) is 12.5. The Morgan fingerprint density at radius 3 is 2.82 bits per heavy atom. The molecule has 94 valence electrons. The van der Waals surface area contributed by atoms with Crippen LogP contribution in [0.15, 0.2) is 5.38 Å². The van der Waals surface area contributed by atoms with Gasteiger partial charge in [0.05, 0.1) is 5.69 Å². The lowest BCUT2D eigenvalue weighted by Crippen LogP contribution is -2.27. The molecule has 1 aliphatic rings. The van der Waals surface area contributed by atoms with Gasteiger partial charge in [-0.1, -0.05) is 13.8 Å². The lowest BCUT2D eigenvalue weighted by molar-refractivity contribution is 0.0696. The van der Waals surface area contributed by atoms with E-state index in [4.69, 9.17) is 5.11 Å². The molecule has 0 aromatic carbocycles. The van der Waals surface area contributed by atoms with E-state index in [9.17, 15) is 4.79 Å². The van der Waals surface area contributed by atoms with E-state index >= 15 is 0 Å². The van der Waals surface area contributed by atoms with Crippen molar-refractivity contribution < 1.29 is 9.90 Å². The molecule has 5 heteroatoms. The number of hydrogen-bond donors (Lipinski definition) is 2. The molecule has 1 aromatic heterocycles. The van der Waals surface area contributed by atoms with Crippen molar-refractivity contribution in [2.45, 2.75) is 33.2 Å². The zero-order chi connectivity index (χ0) is 12.5. The zero-order valence-electron chi connectivity index (χ0n) is 10.2. The van der Waals surface area contributed by atoms with Gasteiger partial charge in [0.2, 0.25) is 5.01 Å². The van der Waals surface area contributed by atoms with Crippen LogP contribution in [0.2, 0.25) is 0 Å². The molecule has 0 unspecified atom stereocenters. The van der Waals surface area contributed by atoms with Gasteiger partial charge in [-0.3, -0.25) is 0 Å². The molecular weight excluding hydrogens is 236 g/mol. The number of aromatic nitrogens is 1. The molecule has 2 rings (SSSR count). The predicted molar refractivity (Wildman–Crippen MR) is 67.3 cm³/mol. The van der Waals surface area contributed by atoms with Crippen LogP contribution >= 0.6 is 11.3 Å². The van der Waals surface area contributed by atoms with Gasteiger partial charge >= 0.3 is 5.97 Å². The third-order valence-corrected chi connectivity index (χ3v) is 4.51. The molecule has 0 amide bonds. The molecule has 0 spiro atoms. The van der Waals surface area contributed by atoms with E-state index in [-0.39, 0.29) is 5.01 Å². The van der Waals surface area contributed by atoms with Crippen LogP contribution < -0.4 is 5.32 Å².